The number of hydrogen-bond donors (Lipinski definition) is 1. The summed E-state index contributed by atoms with van der Waals surface area (Å²) in [4.78, 5) is 13.2. The van der Waals surface area contributed by atoms with Gasteiger partial charge in [0.25, 0.3) is 10.0 Å². The van der Waals surface area contributed by atoms with E-state index in [2.05, 4.69) is 5.32 Å². The Kier molecular flexibility index (Phi) is 7.95. The molecule has 0 atom stereocenters. The number of rotatable bonds is 10. The summed E-state index contributed by atoms with van der Waals surface area (Å²) in [7, 11) is -1.22. The Balaban J connectivity index is 1.65. The molecule has 0 unspecified atom stereocenters. The number of sulfonamides is 1. The van der Waals surface area contributed by atoms with Crippen molar-refractivity contribution >= 4 is 27.3 Å². The lowest BCUT2D eigenvalue weighted by Crippen LogP contribution is -2.38. The van der Waals surface area contributed by atoms with Crippen LogP contribution in [0.15, 0.2) is 108 Å². The van der Waals surface area contributed by atoms with Crippen LogP contribution in [0.4, 0.5) is 11.4 Å². The maximum Gasteiger partial charge on any atom is 0.264 e. The van der Waals surface area contributed by atoms with E-state index in [1.165, 1.54) is 26.4 Å². The van der Waals surface area contributed by atoms with Crippen LogP contribution in [0.25, 0.3) is 0 Å². The second kappa shape index (κ2) is 11.5. The minimum Gasteiger partial charge on any atom is -0.497 e. The van der Waals surface area contributed by atoms with Crippen LogP contribution in [0.5, 0.6) is 23.0 Å². The van der Waals surface area contributed by atoms with Gasteiger partial charge in [0.1, 0.15) is 23.8 Å². The third-order valence-corrected chi connectivity index (χ3v) is 7.19. The van der Waals surface area contributed by atoms with Crippen LogP contribution in [0, 0.1) is 0 Å². The first-order valence-corrected chi connectivity index (χ1v) is 12.8. The molecule has 1 amide bonds. The van der Waals surface area contributed by atoms with Gasteiger partial charge in [0.15, 0.2) is 5.75 Å². The van der Waals surface area contributed by atoms with Crippen LogP contribution in [-0.2, 0) is 14.8 Å². The second-order valence-corrected chi connectivity index (χ2v) is 9.68. The molecule has 0 aromatic heterocycles. The molecule has 190 valence electrons. The molecular weight excluding hydrogens is 492 g/mol. The maximum atomic E-state index is 13.7. The first-order chi connectivity index (χ1) is 17.9. The van der Waals surface area contributed by atoms with Gasteiger partial charge in [0.2, 0.25) is 5.91 Å². The van der Waals surface area contributed by atoms with Crippen molar-refractivity contribution in [2.45, 2.75) is 4.90 Å². The molecule has 0 spiro atoms. The van der Waals surface area contributed by atoms with Crippen LogP contribution in [0.1, 0.15) is 0 Å². The van der Waals surface area contributed by atoms with Crippen molar-refractivity contribution in [3.8, 4) is 23.0 Å². The van der Waals surface area contributed by atoms with Crippen LogP contribution in [-0.4, -0.2) is 35.1 Å². The number of methoxy groups -OCH3 is 2. The average molecular weight is 519 g/mol. The molecule has 0 aliphatic heterocycles. The Bertz CT molecular complexity index is 1460. The Labute approximate surface area is 216 Å². The van der Waals surface area contributed by atoms with Crippen molar-refractivity contribution in [2.75, 3.05) is 30.4 Å². The fourth-order valence-electron chi connectivity index (χ4n) is 3.60. The normalized spacial score (nSPS) is 10.9. The standard InChI is InChI=1S/C28H26N2O6S/c1-34-21-16-18-23(19-17-21)37(32,33)30(25-13-7-9-15-27(25)35-2)20-28(31)29-24-12-6-8-14-26(24)36-22-10-4-3-5-11-22/h3-19H,20H2,1-2H3,(H,29,31). The molecule has 0 saturated heterocycles. The van der Waals surface area contributed by atoms with E-state index in [1.807, 2.05) is 18.2 Å². The molecular formula is C28H26N2O6S. The Morgan fingerprint density at radius 2 is 1.35 bits per heavy atom. The highest BCUT2D eigenvalue weighted by Gasteiger charge is 2.29. The second-order valence-electron chi connectivity index (χ2n) is 7.82. The monoisotopic (exact) mass is 518 g/mol. The number of amides is 1. The van der Waals surface area contributed by atoms with E-state index in [0.29, 0.717) is 28.7 Å². The fourth-order valence-corrected chi connectivity index (χ4v) is 5.04. The lowest BCUT2D eigenvalue weighted by Gasteiger charge is -2.26. The molecule has 37 heavy (non-hydrogen) atoms. The van der Waals surface area contributed by atoms with Gasteiger partial charge < -0.3 is 19.5 Å². The SMILES string of the molecule is COc1ccc(S(=O)(=O)N(CC(=O)Nc2ccccc2Oc2ccccc2)c2ccccc2OC)cc1. The first-order valence-electron chi connectivity index (χ1n) is 11.3. The predicted molar refractivity (Wildman–Crippen MR) is 142 cm³/mol. The van der Waals surface area contributed by atoms with Gasteiger partial charge in [-0.3, -0.25) is 9.10 Å². The number of hydrogen-bond acceptors (Lipinski definition) is 6. The quantitative estimate of drug-likeness (QED) is 0.305. The predicted octanol–water partition coefficient (Wildman–Crippen LogP) is 5.33. The van der Waals surface area contributed by atoms with Gasteiger partial charge in [0, 0.05) is 0 Å². The van der Waals surface area contributed by atoms with E-state index >= 15 is 0 Å². The van der Waals surface area contributed by atoms with Crippen molar-refractivity contribution in [3.05, 3.63) is 103 Å². The zero-order valence-corrected chi connectivity index (χ0v) is 21.1. The molecule has 0 heterocycles. The molecule has 9 heteroatoms. The van der Waals surface area contributed by atoms with Crippen LogP contribution in [0.3, 0.4) is 0 Å². The molecule has 0 fully saturated rings. The van der Waals surface area contributed by atoms with E-state index in [4.69, 9.17) is 14.2 Å². The van der Waals surface area contributed by atoms with Crippen molar-refractivity contribution in [1.82, 2.24) is 0 Å². The summed E-state index contributed by atoms with van der Waals surface area (Å²) in [5.41, 5.74) is 0.628. The van der Waals surface area contributed by atoms with E-state index in [0.717, 1.165) is 4.31 Å². The summed E-state index contributed by atoms with van der Waals surface area (Å²) in [6.07, 6.45) is 0. The van der Waals surface area contributed by atoms with Gasteiger partial charge in [-0.2, -0.15) is 0 Å². The van der Waals surface area contributed by atoms with Gasteiger partial charge in [0.05, 0.1) is 30.5 Å². The van der Waals surface area contributed by atoms with Gasteiger partial charge in [-0.15, -0.1) is 0 Å². The maximum absolute atomic E-state index is 13.7. The third kappa shape index (κ3) is 6.02. The first kappa shape index (κ1) is 25.6. The van der Waals surface area contributed by atoms with E-state index in [-0.39, 0.29) is 10.6 Å². The number of ether oxygens (including phenoxy) is 3. The molecule has 0 aliphatic carbocycles. The van der Waals surface area contributed by atoms with Crippen molar-refractivity contribution in [3.63, 3.8) is 0 Å². The number of para-hydroxylation sites is 5. The van der Waals surface area contributed by atoms with Crippen molar-refractivity contribution < 1.29 is 27.4 Å². The summed E-state index contributed by atoms with van der Waals surface area (Å²) in [5.74, 6) is 1.27. The highest BCUT2D eigenvalue weighted by atomic mass is 32.2. The number of nitrogens with one attached hydrogen (secondary N) is 1. The Morgan fingerprint density at radius 3 is 2.03 bits per heavy atom. The van der Waals surface area contributed by atoms with Crippen LogP contribution < -0.4 is 23.8 Å². The highest BCUT2D eigenvalue weighted by Crippen LogP contribution is 2.33. The third-order valence-electron chi connectivity index (χ3n) is 5.42. The minimum atomic E-state index is -4.15. The van der Waals surface area contributed by atoms with Gasteiger partial charge >= 0.3 is 0 Å². The molecule has 0 aliphatic rings. The molecule has 0 saturated carbocycles. The smallest absolute Gasteiger partial charge is 0.264 e. The largest absolute Gasteiger partial charge is 0.497 e. The molecule has 8 nitrogen and oxygen atoms in total. The van der Waals surface area contributed by atoms with E-state index in [1.54, 1.807) is 72.8 Å². The molecule has 0 bridgehead atoms. The molecule has 4 rings (SSSR count). The van der Waals surface area contributed by atoms with Crippen molar-refractivity contribution in [1.29, 1.82) is 0 Å². The Hall–Kier alpha value is -4.50. The number of nitrogens with zero attached hydrogens (tertiary/aromatic N) is 1. The van der Waals surface area contributed by atoms with Gasteiger partial charge in [-0.1, -0.05) is 42.5 Å². The molecule has 1 N–H and O–H groups in total. The zero-order chi connectivity index (χ0) is 26.3. The zero-order valence-electron chi connectivity index (χ0n) is 20.3. The van der Waals surface area contributed by atoms with E-state index < -0.39 is 22.5 Å². The summed E-state index contributed by atoms with van der Waals surface area (Å²) < 4.78 is 44.9. The molecule has 0 radical (unpaired) electrons. The van der Waals surface area contributed by atoms with Crippen molar-refractivity contribution in [2.24, 2.45) is 0 Å². The number of benzene rings is 4. The number of carbonyl (C=O) groups excluding carboxylic acids is 1. The number of anilines is 2. The van der Waals surface area contributed by atoms with Crippen LogP contribution in [0.2, 0.25) is 0 Å². The topological polar surface area (TPSA) is 94.2 Å². The lowest BCUT2D eigenvalue weighted by atomic mass is 10.2. The Morgan fingerprint density at radius 1 is 0.730 bits per heavy atom. The molecule has 4 aromatic carbocycles. The van der Waals surface area contributed by atoms with E-state index in [9.17, 15) is 13.2 Å². The molecule has 4 aromatic rings. The number of carbonyl (C=O) groups is 1. The van der Waals surface area contributed by atoms with Gasteiger partial charge in [-0.05, 0) is 60.7 Å². The lowest BCUT2D eigenvalue weighted by molar-refractivity contribution is -0.114. The van der Waals surface area contributed by atoms with Crippen LogP contribution >= 0.6 is 0 Å². The average Bonchev–Trinajstić information content (AvgIpc) is 2.93. The summed E-state index contributed by atoms with van der Waals surface area (Å²) in [6, 6.07) is 28.6. The van der Waals surface area contributed by atoms with Gasteiger partial charge in [-0.25, -0.2) is 8.42 Å². The summed E-state index contributed by atoms with van der Waals surface area (Å²) in [5, 5.41) is 2.78. The summed E-state index contributed by atoms with van der Waals surface area (Å²) >= 11 is 0. The minimum absolute atomic E-state index is 0.000169. The summed E-state index contributed by atoms with van der Waals surface area (Å²) in [6.45, 7) is -0.506. The fraction of sp³-hybridized carbons (Fsp3) is 0.107. The highest BCUT2D eigenvalue weighted by molar-refractivity contribution is 7.92.